The number of rotatable bonds is 5. The molecule has 0 aromatic heterocycles. The van der Waals surface area contributed by atoms with Gasteiger partial charge in [-0.3, -0.25) is 4.79 Å². The molecule has 0 aliphatic carbocycles. The number of hydrogen-bond donors (Lipinski definition) is 0. The minimum absolute atomic E-state index is 0.0212. The Morgan fingerprint density at radius 2 is 1.90 bits per heavy atom. The molecule has 2 aromatic rings. The van der Waals surface area contributed by atoms with E-state index in [1.807, 2.05) is 0 Å². The normalized spacial score (nSPS) is 10.7. The molecule has 2 rings (SSSR count). The van der Waals surface area contributed by atoms with Crippen molar-refractivity contribution >= 4 is 17.4 Å². The first kappa shape index (κ1) is 15.4. The fourth-order valence-corrected chi connectivity index (χ4v) is 1.99. The van der Waals surface area contributed by atoms with Crippen LogP contribution in [0.4, 0.5) is 13.2 Å². The second-order valence-electron chi connectivity index (χ2n) is 4.21. The second kappa shape index (κ2) is 6.63. The summed E-state index contributed by atoms with van der Waals surface area (Å²) in [6, 6.07) is 9.53. The Bertz CT molecular complexity index is 659. The summed E-state index contributed by atoms with van der Waals surface area (Å²) in [5.41, 5.74) is 0.114. The molecule has 0 saturated heterocycles. The van der Waals surface area contributed by atoms with Gasteiger partial charge in [0.1, 0.15) is 11.6 Å². The van der Waals surface area contributed by atoms with Gasteiger partial charge in [0, 0.05) is 11.4 Å². The van der Waals surface area contributed by atoms with Crippen molar-refractivity contribution in [3.05, 3.63) is 64.4 Å². The highest BCUT2D eigenvalue weighted by atomic mass is 35.5. The Morgan fingerprint density at radius 1 is 1.19 bits per heavy atom. The molecule has 0 fully saturated rings. The number of alkyl halides is 2. The number of carbonyl (C=O) groups excluding carboxylic acids is 1. The maximum atomic E-state index is 13.6. The smallest absolute Gasteiger partial charge is 0.387 e. The molecule has 0 aliphatic rings. The Labute approximate surface area is 124 Å². The molecule has 0 radical (unpaired) electrons. The maximum Gasteiger partial charge on any atom is 0.387 e. The molecule has 0 heterocycles. The SMILES string of the molecule is O=C(Cc1ccc(Cl)cc1F)c1ccccc1OC(F)F. The average Bonchev–Trinajstić information content (AvgIpc) is 2.42. The van der Waals surface area contributed by atoms with Gasteiger partial charge in [0.05, 0.1) is 5.56 Å². The Kier molecular flexibility index (Phi) is 4.85. The molecule has 0 saturated carbocycles. The van der Waals surface area contributed by atoms with E-state index in [2.05, 4.69) is 4.74 Å². The zero-order valence-electron chi connectivity index (χ0n) is 10.7. The molecule has 0 aliphatic heterocycles. The van der Waals surface area contributed by atoms with Crippen molar-refractivity contribution in [1.29, 1.82) is 0 Å². The van der Waals surface area contributed by atoms with Crippen LogP contribution in [-0.4, -0.2) is 12.4 Å². The molecular weight excluding hydrogens is 305 g/mol. The fourth-order valence-electron chi connectivity index (χ4n) is 1.83. The number of ether oxygens (including phenoxy) is 1. The molecule has 2 nitrogen and oxygen atoms in total. The molecule has 0 bridgehead atoms. The van der Waals surface area contributed by atoms with E-state index in [-0.39, 0.29) is 28.3 Å². The summed E-state index contributed by atoms with van der Waals surface area (Å²) in [7, 11) is 0. The molecule has 0 unspecified atom stereocenters. The van der Waals surface area contributed by atoms with Crippen LogP contribution in [0.3, 0.4) is 0 Å². The van der Waals surface area contributed by atoms with Crippen LogP contribution in [0.2, 0.25) is 5.02 Å². The number of Topliss-reactive ketones (excluding diaryl/α,β-unsaturated/α-hetero) is 1. The van der Waals surface area contributed by atoms with Gasteiger partial charge in [0.25, 0.3) is 0 Å². The lowest BCUT2D eigenvalue weighted by molar-refractivity contribution is -0.0501. The van der Waals surface area contributed by atoms with Crippen LogP contribution < -0.4 is 4.74 Å². The number of ketones is 1. The third kappa shape index (κ3) is 3.98. The minimum Gasteiger partial charge on any atom is -0.434 e. The monoisotopic (exact) mass is 314 g/mol. The zero-order chi connectivity index (χ0) is 15.4. The van der Waals surface area contributed by atoms with Crippen LogP contribution in [0.5, 0.6) is 5.75 Å². The topological polar surface area (TPSA) is 26.3 Å². The highest BCUT2D eigenvalue weighted by Gasteiger charge is 2.17. The van der Waals surface area contributed by atoms with Crippen LogP contribution >= 0.6 is 11.6 Å². The van der Waals surface area contributed by atoms with E-state index in [0.717, 1.165) is 6.07 Å². The van der Waals surface area contributed by atoms with Gasteiger partial charge >= 0.3 is 6.61 Å². The van der Waals surface area contributed by atoms with Crippen molar-refractivity contribution in [2.24, 2.45) is 0 Å². The predicted molar refractivity (Wildman–Crippen MR) is 72.5 cm³/mol. The van der Waals surface area contributed by atoms with Crippen LogP contribution in [0.15, 0.2) is 42.5 Å². The summed E-state index contributed by atoms with van der Waals surface area (Å²) in [6.07, 6.45) is -0.271. The number of hydrogen-bond acceptors (Lipinski definition) is 2. The van der Waals surface area contributed by atoms with Crippen molar-refractivity contribution in [3.63, 3.8) is 0 Å². The van der Waals surface area contributed by atoms with Gasteiger partial charge in [-0.1, -0.05) is 29.8 Å². The highest BCUT2D eigenvalue weighted by molar-refractivity contribution is 6.30. The fraction of sp³-hybridized carbons (Fsp3) is 0.133. The molecule has 0 atom stereocenters. The third-order valence-corrected chi connectivity index (χ3v) is 3.00. The van der Waals surface area contributed by atoms with Crippen molar-refractivity contribution in [2.45, 2.75) is 13.0 Å². The summed E-state index contributed by atoms with van der Waals surface area (Å²) in [5.74, 6) is -1.37. The number of halogens is 4. The first-order chi connectivity index (χ1) is 9.97. The number of para-hydroxylation sites is 1. The molecule has 0 N–H and O–H groups in total. The van der Waals surface area contributed by atoms with Gasteiger partial charge < -0.3 is 4.74 Å². The van der Waals surface area contributed by atoms with Gasteiger partial charge in [-0.05, 0) is 29.8 Å². The molecule has 0 amide bonds. The largest absolute Gasteiger partial charge is 0.434 e. The van der Waals surface area contributed by atoms with Gasteiger partial charge in [-0.15, -0.1) is 0 Å². The molecule has 0 spiro atoms. The summed E-state index contributed by atoms with van der Waals surface area (Å²) < 4.78 is 42.5. The van der Waals surface area contributed by atoms with Crippen LogP contribution in [0.1, 0.15) is 15.9 Å². The molecule has 2 aromatic carbocycles. The van der Waals surface area contributed by atoms with Crippen molar-refractivity contribution in [1.82, 2.24) is 0 Å². The van der Waals surface area contributed by atoms with Crippen molar-refractivity contribution in [3.8, 4) is 5.75 Å². The lowest BCUT2D eigenvalue weighted by Crippen LogP contribution is -2.10. The van der Waals surface area contributed by atoms with Crippen molar-refractivity contribution < 1.29 is 22.7 Å². The van der Waals surface area contributed by atoms with Gasteiger partial charge in [0.2, 0.25) is 0 Å². The second-order valence-corrected chi connectivity index (χ2v) is 4.65. The first-order valence-corrected chi connectivity index (χ1v) is 6.36. The van der Waals surface area contributed by atoms with Crippen LogP contribution in [-0.2, 0) is 6.42 Å². The maximum absolute atomic E-state index is 13.6. The van der Waals surface area contributed by atoms with Crippen LogP contribution in [0, 0.1) is 5.82 Å². The molecular formula is C15H10ClF3O2. The summed E-state index contributed by atoms with van der Waals surface area (Å²) >= 11 is 5.62. The van der Waals surface area contributed by atoms with Crippen LogP contribution in [0.25, 0.3) is 0 Å². The Balaban J connectivity index is 2.24. The number of benzene rings is 2. The Hall–Kier alpha value is -2.01. The third-order valence-electron chi connectivity index (χ3n) is 2.77. The quantitative estimate of drug-likeness (QED) is 0.759. The van der Waals surface area contributed by atoms with E-state index < -0.39 is 18.2 Å². The van der Waals surface area contributed by atoms with E-state index in [1.165, 1.54) is 36.4 Å². The summed E-state index contributed by atoms with van der Waals surface area (Å²) in [5, 5.41) is 0.213. The lowest BCUT2D eigenvalue weighted by Gasteiger charge is -2.10. The highest BCUT2D eigenvalue weighted by Crippen LogP contribution is 2.23. The first-order valence-electron chi connectivity index (χ1n) is 5.98. The predicted octanol–water partition coefficient (Wildman–Crippen LogP) is 4.51. The van der Waals surface area contributed by atoms with Gasteiger partial charge in [-0.2, -0.15) is 8.78 Å². The zero-order valence-corrected chi connectivity index (χ0v) is 11.4. The van der Waals surface area contributed by atoms with Crippen molar-refractivity contribution in [2.75, 3.05) is 0 Å². The van der Waals surface area contributed by atoms with E-state index >= 15 is 0 Å². The average molecular weight is 315 g/mol. The van der Waals surface area contributed by atoms with E-state index in [0.29, 0.717) is 0 Å². The van der Waals surface area contributed by atoms with Gasteiger partial charge in [0.15, 0.2) is 5.78 Å². The van der Waals surface area contributed by atoms with E-state index in [1.54, 1.807) is 0 Å². The molecule has 6 heteroatoms. The van der Waals surface area contributed by atoms with E-state index in [9.17, 15) is 18.0 Å². The van der Waals surface area contributed by atoms with E-state index in [4.69, 9.17) is 11.6 Å². The summed E-state index contributed by atoms with van der Waals surface area (Å²) in [6.45, 7) is -3.04. The number of carbonyl (C=O) groups is 1. The summed E-state index contributed by atoms with van der Waals surface area (Å²) in [4.78, 5) is 12.1. The standard InChI is InChI=1S/C15H10ClF3O2/c16-10-6-5-9(12(17)8-10)7-13(20)11-3-1-2-4-14(11)21-15(18)19/h1-6,8,15H,7H2. The Morgan fingerprint density at radius 3 is 2.57 bits per heavy atom. The minimum atomic E-state index is -3.04. The molecule has 110 valence electrons. The molecule has 21 heavy (non-hydrogen) atoms. The van der Waals surface area contributed by atoms with Gasteiger partial charge in [-0.25, -0.2) is 4.39 Å². The lowest BCUT2D eigenvalue weighted by atomic mass is 10.0.